The molecule has 0 spiro atoms. The maximum absolute atomic E-state index is 11.0. The Morgan fingerprint density at radius 1 is 0.838 bits per heavy atom. The molecule has 0 aromatic heterocycles. The second-order valence-electron chi connectivity index (χ2n) is 9.54. The van der Waals surface area contributed by atoms with Crippen molar-refractivity contribution in [2.45, 2.75) is 92.6 Å². The summed E-state index contributed by atoms with van der Waals surface area (Å²) < 4.78 is 16.7. The van der Waals surface area contributed by atoms with Crippen LogP contribution in [0.15, 0.2) is 0 Å². The van der Waals surface area contributed by atoms with Crippen molar-refractivity contribution in [3.8, 4) is 0 Å². The summed E-state index contributed by atoms with van der Waals surface area (Å²) in [4.78, 5) is 0. The van der Waals surface area contributed by atoms with E-state index < -0.39 is 80.2 Å². The van der Waals surface area contributed by atoms with Crippen LogP contribution in [0.3, 0.4) is 0 Å². The summed E-state index contributed by atoms with van der Waals surface area (Å²) in [5.74, 6) is 0. The first-order valence-electron chi connectivity index (χ1n) is 12.8. The zero-order valence-corrected chi connectivity index (χ0v) is 21.0. The molecule has 0 radical (unpaired) electrons. The quantitative estimate of drug-likeness (QED) is 0.0809. The second-order valence-corrected chi connectivity index (χ2v) is 9.54. The molecule has 37 heavy (non-hydrogen) atoms. The topological polar surface area (TPSA) is 266 Å². The van der Waals surface area contributed by atoms with Crippen LogP contribution >= 0.6 is 0 Å². The Kier molecular flexibility index (Phi) is 14.0. The molecule has 2 aliphatic heterocycles. The summed E-state index contributed by atoms with van der Waals surface area (Å²) in [5, 5.41) is 89.0. The van der Waals surface area contributed by atoms with E-state index in [1.165, 1.54) is 0 Å². The number of nitrogens with one attached hydrogen (secondary N) is 2. The fourth-order valence-electron chi connectivity index (χ4n) is 4.70. The average molecular weight is 543 g/mol. The molecule has 15 heteroatoms. The molecule has 3 unspecified atom stereocenters. The maximum atomic E-state index is 11.0. The van der Waals surface area contributed by atoms with Crippen molar-refractivity contribution in [2.75, 3.05) is 45.9 Å². The molecule has 0 bridgehead atoms. The van der Waals surface area contributed by atoms with Crippen molar-refractivity contribution in [3.05, 3.63) is 0 Å². The largest absolute Gasteiger partial charge is 0.394 e. The van der Waals surface area contributed by atoms with E-state index in [2.05, 4.69) is 10.6 Å². The number of aliphatic hydroxyl groups excluding tert-OH is 8. The normalized spacial score (nSPS) is 39.6. The minimum Gasteiger partial charge on any atom is -0.394 e. The fraction of sp³-hybridized carbons (Fsp3) is 1.00. The van der Waals surface area contributed by atoms with Crippen LogP contribution in [-0.4, -0.2) is 154 Å². The van der Waals surface area contributed by atoms with Crippen molar-refractivity contribution < 1.29 is 55.1 Å². The van der Waals surface area contributed by atoms with E-state index in [0.29, 0.717) is 45.4 Å². The summed E-state index contributed by atoms with van der Waals surface area (Å²) in [6.07, 6.45) is -12.9. The molecule has 14 N–H and O–H groups in total. The van der Waals surface area contributed by atoms with Gasteiger partial charge in [0.1, 0.15) is 48.3 Å². The first-order chi connectivity index (χ1) is 17.7. The lowest BCUT2D eigenvalue weighted by atomic mass is 9.79. The molecule has 2 fully saturated rings. The molecule has 220 valence electrons. The molecule has 2 saturated heterocycles. The highest BCUT2D eigenvalue weighted by Crippen LogP contribution is 2.36. The summed E-state index contributed by atoms with van der Waals surface area (Å²) in [7, 11) is 0. The minimum absolute atomic E-state index is 0.382. The number of hydrogen-bond donors (Lipinski definition) is 12. The number of aliphatic hydroxyl groups is 8. The first-order valence-corrected chi connectivity index (χ1v) is 12.8. The summed E-state index contributed by atoms with van der Waals surface area (Å²) >= 11 is 0. The lowest BCUT2D eigenvalue weighted by Gasteiger charge is -2.52. The molecular formula is C22H46N4O11. The predicted molar refractivity (Wildman–Crippen MR) is 129 cm³/mol. The Morgan fingerprint density at radius 2 is 1.49 bits per heavy atom. The van der Waals surface area contributed by atoms with Gasteiger partial charge in [-0.05, 0) is 58.4 Å². The highest BCUT2D eigenvalue weighted by molar-refractivity contribution is 5.07. The van der Waals surface area contributed by atoms with E-state index >= 15 is 0 Å². The standard InChI is InChI=1S/C22H46N4O11/c23-5-2-8-25-7-1-4-13(26-9-3-6-24)22(11-28)19(33)15(30)17(32)21(37-22)36-18-12(10-27)35-20(34)16(31)14(18)29/h12-21,25-34H,1-11,23-24H2/t12-,13?,14-,15-,16?,17-,18-,19-,20?,21-,22+/m1/s1. The van der Waals surface area contributed by atoms with Gasteiger partial charge in [0, 0.05) is 6.04 Å². The maximum Gasteiger partial charge on any atom is 0.187 e. The van der Waals surface area contributed by atoms with Gasteiger partial charge in [0.2, 0.25) is 0 Å². The summed E-state index contributed by atoms with van der Waals surface area (Å²) in [6.45, 7) is 1.21. The van der Waals surface area contributed by atoms with Crippen LogP contribution in [0, 0.1) is 0 Å². The molecule has 0 aromatic rings. The summed E-state index contributed by atoms with van der Waals surface area (Å²) in [6, 6.07) is -0.725. The Labute approximate surface area is 216 Å². The van der Waals surface area contributed by atoms with Crippen molar-refractivity contribution in [3.63, 3.8) is 0 Å². The lowest BCUT2D eigenvalue weighted by molar-refractivity contribution is -0.379. The number of hydrogen-bond acceptors (Lipinski definition) is 15. The van der Waals surface area contributed by atoms with Gasteiger partial charge in [-0.15, -0.1) is 0 Å². The van der Waals surface area contributed by atoms with Gasteiger partial charge >= 0.3 is 0 Å². The smallest absolute Gasteiger partial charge is 0.187 e. The summed E-state index contributed by atoms with van der Waals surface area (Å²) in [5.41, 5.74) is 9.26. The van der Waals surface area contributed by atoms with E-state index in [0.717, 1.165) is 13.0 Å². The van der Waals surface area contributed by atoms with Crippen LogP contribution in [0.4, 0.5) is 0 Å². The molecule has 15 nitrogen and oxygen atoms in total. The Balaban J connectivity index is 2.25. The SMILES string of the molecule is NCCCNCCCC(NCCCN)[C@]1(CO)O[C@@H](O[C@H]2[C@H](O)C(O)C(O)O[C@@H]2CO)[C@H](O)[C@@H](O)[C@H]1O. The number of rotatable bonds is 16. The van der Waals surface area contributed by atoms with Crippen LogP contribution < -0.4 is 22.1 Å². The van der Waals surface area contributed by atoms with Gasteiger partial charge in [-0.1, -0.05) is 0 Å². The van der Waals surface area contributed by atoms with Crippen LogP contribution in [0.2, 0.25) is 0 Å². The second kappa shape index (κ2) is 15.9. The van der Waals surface area contributed by atoms with Crippen molar-refractivity contribution in [1.82, 2.24) is 10.6 Å². The van der Waals surface area contributed by atoms with Crippen molar-refractivity contribution in [1.29, 1.82) is 0 Å². The monoisotopic (exact) mass is 542 g/mol. The fourth-order valence-corrected chi connectivity index (χ4v) is 4.70. The Morgan fingerprint density at radius 3 is 2.11 bits per heavy atom. The third-order valence-electron chi connectivity index (χ3n) is 6.93. The van der Waals surface area contributed by atoms with Crippen LogP contribution in [0.1, 0.15) is 25.7 Å². The third kappa shape index (κ3) is 7.97. The van der Waals surface area contributed by atoms with Gasteiger partial charge in [-0.2, -0.15) is 0 Å². The average Bonchev–Trinajstić information content (AvgIpc) is 2.90. The third-order valence-corrected chi connectivity index (χ3v) is 6.93. The molecule has 0 amide bonds. The zero-order valence-electron chi connectivity index (χ0n) is 21.0. The van der Waals surface area contributed by atoms with Crippen molar-refractivity contribution >= 4 is 0 Å². The van der Waals surface area contributed by atoms with E-state index in [4.69, 9.17) is 25.7 Å². The first kappa shape index (κ1) is 32.6. The molecule has 11 atom stereocenters. The number of ether oxygens (including phenoxy) is 3. The highest BCUT2D eigenvalue weighted by atomic mass is 16.7. The predicted octanol–water partition coefficient (Wildman–Crippen LogP) is -6.00. The molecule has 0 saturated carbocycles. The Hall–Kier alpha value is -0.600. The van der Waals surface area contributed by atoms with Gasteiger partial charge < -0.3 is 77.2 Å². The molecule has 2 heterocycles. The van der Waals surface area contributed by atoms with Crippen molar-refractivity contribution in [2.24, 2.45) is 11.5 Å². The molecule has 2 aliphatic rings. The Bertz CT molecular complexity index is 639. The molecule has 0 aromatic carbocycles. The zero-order chi connectivity index (χ0) is 27.6. The van der Waals surface area contributed by atoms with Gasteiger partial charge in [0.25, 0.3) is 0 Å². The van der Waals surface area contributed by atoms with E-state index in [-0.39, 0.29) is 0 Å². The molecular weight excluding hydrogens is 496 g/mol. The van der Waals surface area contributed by atoms with Crippen LogP contribution in [0.5, 0.6) is 0 Å². The minimum atomic E-state index is -1.84. The van der Waals surface area contributed by atoms with E-state index in [9.17, 15) is 40.9 Å². The van der Waals surface area contributed by atoms with Gasteiger partial charge in [0.05, 0.1) is 13.2 Å². The van der Waals surface area contributed by atoms with E-state index in [1.807, 2.05) is 0 Å². The van der Waals surface area contributed by atoms with Gasteiger partial charge in [-0.3, -0.25) is 0 Å². The van der Waals surface area contributed by atoms with Gasteiger partial charge in [0.15, 0.2) is 12.6 Å². The highest BCUT2D eigenvalue weighted by Gasteiger charge is 2.58. The van der Waals surface area contributed by atoms with E-state index in [1.54, 1.807) is 0 Å². The van der Waals surface area contributed by atoms with Gasteiger partial charge in [-0.25, -0.2) is 0 Å². The molecule has 0 aliphatic carbocycles. The number of nitrogens with two attached hydrogens (primary N) is 2. The van der Waals surface area contributed by atoms with Crippen LogP contribution in [0.25, 0.3) is 0 Å². The molecule has 2 rings (SSSR count). The lowest BCUT2D eigenvalue weighted by Crippen LogP contribution is -2.73. The van der Waals surface area contributed by atoms with Crippen LogP contribution in [-0.2, 0) is 14.2 Å².